The third-order valence-corrected chi connectivity index (χ3v) is 2.43. The average Bonchev–Trinajstić information content (AvgIpc) is 1.87. The Morgan fingerprint density at radius 3 is 2.30 bits per heavy atom. The molecular weight excluding hydrogens is 188 g/mol. The minimum absolute atomic E-state index is 0.697. The Balaban J connectivity index is 3.33. The van der Waals surface area contributed by atoms with Crippen LogP contribution in [0.3, 0.4) is 0 Å². The van der Waals surface area contributed by atoms with Crippen molar-refractivity contribution in [2.45, 2.75) is 27.2 Å². The van der Waals surface area contributed by atoms with Gasteiger partial charge in [-0.15, -0.1) is 0 Å². The summed E-state index contributed by atoms with van der Waals surface area (Å²) in [6.07, 6.45) is 5.74. The summed E-state index contributed by atoms with van der Waals surface area (Å²) in [7, 11) is 0. The molecule has 1 heteroatoms. The van der Waals surface area contributed by atoms with E-state index in [4.69, 9.17) is 0 Å². The zero-order valence-corrected chi connectivity index (χ0v) is 8.69. The summed E-state index contributed by atoms with van der Waals surface area (Å²) in [6.45, 7) is 6.66. The zero-order chi connectivity index (χ0) is 7.98. The molecule has 0 aromatic rings. The van der Waals surface area contributed by atoms with Gasteiger partial charge in [0.2, 0.25) is 0 Å². The highest BCUT2D eigenvalue weighted by Crippen LogP contribution is 2.07. The van der Waals surface area contributed by atoms with Crippen LogP contribution in [0.5, 0.6) is 0 Å². The highest BCUT2D eigenvalue weighted by molar-refractivity contribution is 9.09. The summed E-state index contributed by atoms with van der Waals surface area (Å²) in [4.78, 5) is 0. The van der Waals surface area contributed by atoms with Crippen LogP contribution in [0.4, 0.5) is 0 Å². The normalized spacial score (nSPS) is 14.9. The van der Waals surface area contributed by atoms with Crippen molar-refractivity contribution in [1.82, 2.24) is 0 Å². The molecule has 0 aliphatic carbocycles. The first-order chi connectivity index (χ1) is 4.66. The fraction of sp³-hybridized carbons (Fsp3) is 0.778. The molecule has 60 valence electrons. The Morgan fingerprint density at radius 1 is 1.30 bits per heavy atom. The van der Waals surface area contributed by atoms with Crippen molar-refractivity contribution in [3.63, 3.8) is 0 Å². The molecule has 0 saturated heterocycles. The minimum atomic E-state index is 0.697. The number of rotatable bonds is 4. The summed E-state index contributed by atoms with van der Waals surface area (Å²) in [5.41, 5.74) is 0. The Morgan fingerprint density at radius 2 is 1.90 bits per heavy atom. The molecule has 0 rings (SSSR count). The summed E-state index contributed by atoms with van der Waals surface area (Å²) in [6, 6.07) is 0. The Hall–Kier alpha value is 0.220. The predicted molar refractivity (Wildman–Crippen MR) is 51.6 cm³/mol. The molecule has 10 heavy (non-hydrogen) atoms. The molecule has 0 spiro atoms. The van der Waals surface area contributed by atoms with Crippen LogP contribution >= 0.6 is 15.9 Å². The first kappa shape index (κ1) is 10.2. The highest BCUT2D eigenvalue weighted by atomic mass is 79.9. The molecule has 1 atom stereocenters. The average molecular weight is 205 g/mol. The number of hydrogen-bond donors (Lipinski definition) is 0. The van der Waals surface area contributed by atoms with Crippen LogP contribution in [-0.2, 0) is 0 Å². The number of alkyl halides is 1. The van der Waals surface area contributed by atoms with E-state index in [1.54, 1.807) is 0 Å². The van der Waals surface area contributed by atoms with Gasteiger partial charge in [0, 0.05) is 5.33 Å². The smallest absolute Gasteiger partial charge is 0.00599 e. The second-order valence-electron chi connectivity index (χ2n) is 3.17. The maximum absolute atomic E-state index is 3.45. The second-order valence-corrected chi connectivity index (χ2v) is 3.81. The summed E-state index contributed by atoms with van der Waals surface area (Å²) >= 11 is 3.45. The molecule has 0 saturated carbocycles. The van der Waals surface area contributed by atoms with E-state index in [-0.39, 0.29) is 0 Å². The van der Waals surface area contributed by atoms with Gasteiger partial charge in [-0.1, -0.05) is 48.9 Å². The first-order valence-electron chi connectivity index (χ1n) is 3.89. The number of halogens is 1. The monoisotopic (exact) mass is 204 g/mol. The van der Waals surface area contributed by atoms with Gasteiger partial charge in [0.1, 0.15) is 0 Å². The van der Waals surface area contributed by atoms with Crippen LogP contribution in [0, 0.1) is 11.8 Å². The van der Waals surface area contributed by atoms with Crippen molar-refractivity contribution in [3.05, 3.63) is 12.2 Å². The lowest BCUT2D eigenvalue weighted by Crippen LogP contribution is -1.92. The van der Waals surface area contributed by atoms with Crippen molar-refractivity contribution >= 4 is 15.9 Å². The van der Waals surface area contributed by atoms with Crippen LogP contribution in [0.15, 0.2) is 12.2 Å². The van der Waals surface area contributed by atoms with E-state index in [1.807, 2.05) is 0 Å². The summed E-state index contributed by atoms with van der Waals surface area (Å²) in [5, 5.41) is 1.11. The third kappa shape index (κ3) is 6.34. The molecule has 0 aliphatic heterocycles. The van der Waals surface area contributed by atoms with E-state index in [0.29, 0.717) is 5.92 Å². The maximum Gasteiger partial charge on any atom is 0.00599 e. The van der Waals surface area contributed by atoms with Gasteiger partial charge >= 0.3 is 0 Å². The Bertz CT molecular complexity index is 94.9. The molecule has 0 unspecified atom stereocenters. The van der Waals surface area contributed by atoms with E-state index >= 15 is 0 Å². The van der Waals surface area contributed by atoms with Gasteiger partial charge in [0.25, 0.3) is 0 Å². The Labute approximate surface area is 72.8 Å². The minimum Gasteiger partial charge on any atom is -0.0925 e. The third-order valence-electron chi connectivity index (χ3n) is 1.32. The fourth-order valence-corrected chi connectivity index (χ4v) is 0.910. The fourth-order valence-electron chi connectivity index (χ4n) is 0.646. The lowest BCUT2D eigenvalue weighted by atomic mass is 10.1. The quantitative estimate of drug-likeness (QED) is 0.485. The van der Waals surface area contributed by atoms with E-state index in [0.717, 1.165) is 11.2 Å². The molecule has 0 radical (unpaired) electrons. The lowest BCUT2D eigenvalue weighted by molar-refractivity contribution is 0.675. The second kappa shape index (κ2) is 5.96. The van der Waals surface area contributed by atoms with Gasteiger partial charge in [-0.25, -0.2) is 0 Å². The van der Waals surface area contributed by atoms with Crippen molar-refractivity contribution in [1.29, 1.82) is 0 Å². The summed E-state index contributed by atoms with van der Waals surface area (Å²) in [5.74, 6) is 1.47. The van der Waals surface area contributed by atoms with Gasteiger partial charge in [-0.05, 0) is 18.3 Å². The van der Waals surface area contributed by atoms with Gasteiger partial charge < -0.3 is 0 Å². The van der Waals surface area contributed by atoms with E-state index in [9.17, 15) is 0 Å². The zero-order valence-electron chi connectivity index (χ0n) is 7.10. The van der Waals surface area contributed by atoms with Crippen molar-refractivity contribution < 1.29 is 0 Å². The van der Waals surface area contributed by atoms with E-state index in [2.05, 4.69) is 48.9 Å². The lowest BCUT2D eigenvalue weighted by Gasteiger charge is -2.01. The van der Waals surface area contributed by atoms with Crippen LogP contribution in [0.2, 0.25) is 0 Å². The molecular formula is C9H17Br. The van der Waals surface area contributed by atoms with Crippen LogP contribution < -0.4 is 0 Å². The standard InChI is InChI=1S/C9H17Br/c1-8(2)5-4-6-9(3)7-10/h4-5,8-9H,6-7H2,1-3H3/t9-/m1/s1. The molecule has 0 amide bonds. The molecule has 0 aromatic carbocycles. The van der Waals surface area contributed by atoms with Crippen LogP contribution in [-0.4, -0.2) is 5.33 Å². The van der Waals surface area contributed by atoms with E-state index in [1.165, 1.54) is 6.42 Å². The molecule has 0 nitrogen and oxygen atoms in total. The molecule has 0 heterocycles. The molecule has 0 aliphatic rings. The topological polar surface area (TPSA) is 0 Å². The van der Waals surface area contributed by atoms with Crippen LogP contribution in [0.1, 0.15) is 27.2 Å². The number of hydrogen-bond acceptors (Lipinski definition) is 0. The van der Waals surface area contributed by atoms with Gasteiger partial charge in [0.15, 0.2) is 0 Å². The van der Waals surface area contributed by atoms with Gasteiger partial charge in [-0.2, -0.15) is 0 Å². The number of allylic oxidation sites excluding steroid dienone is 2. The van der Waals surface area contributed by atoms with Crippen molar-refractivity contribution in [2.75, 3.05) is 5.33 Å². The largest absolute Gasteiger partial charge is 0.0925 e. The maximum atomic E-state index is 3.45. The molecule has 0 bridgehead atoms. The highest BCUT2D eigenvalue weighted by Gasteiger charge is 1.94. The molecule has 0 fully saturated rings. The van der Waals surface area contributed by atoms with Crippen molar-refractivity contribution in [3.8, 4) is 0 Å². The Kier molecular flexibility index (Phi) is 6.10. The van der Waals surface area contributed by atoms with Crippen LogP contribution in [0.25, 0.3) is 0 Å². The van der Waals surface area contributed by atoms with E-state index < -0.39 is 0 Å². The predicted octanol–water partition coefficient (Wildman–Crippen LogP) is 3.62. The van der Waals surface area contributed by atoms with Gasteiger partial charge in [0.05, 0.1) is 0 Å². The first-order valence-corrected chi connectivity index (χ1v) is 5.01. The molecule has 0 N–H and O–H groups in total. The van der Waals surface area contributed by atoms with Gasteiger partial charge in [-0.3, -0.25) is 0 Å². The SMILES string of the molecule is CC(C)C=CC[C@@H](C)CBr. The van der Waals surface area contributed by atoms with Crippen molar-refractivity contribution in [2.24, 2.45) is 11.8 Å². The summed E-state index contributed by atoms with van der Waals surface area (Å²) < 4.78 is 0. The molecule has 0 aromatic heterocycles.